The van der Waals surface area contributed by atoms with Gasteiger partial charge in [-0.2, -0.15) is 0 Å². The van der Waals surface area contributed by atoms with Crippen LogP contribution in [0.3, 0.4) is 0 Å². The van der Waals surface area contributed by atoms with E-state index < -0.39 is 0 Å². The SMILES string of the molecule is CCCCN(Cc1cccn1Cc1cccc(C)c1)C(=O)CN(C(C)=O)[C@@H](C)CC. The minimum absolute atomic E-state index is 0.0160. The summed E-state index contributed by atoms with van der Waals surface area (Å²) >= 11 is 0. The summed E-state index contributed by atoms with van der Waals surface area (Å²) in [5.41, 5.74) is 3.60. The standard InChI is InChI=1S/C25H37N3O2/c1-6-8-14-27(25(30)19-28(22(5)29)21(4)7-2)18-24-13-10-15-26(24)17-23-12-9-11-20(3)16-23/h9-13,15-16,21H,6-8,14,17-19H2,1-5H3/t21-/m0/s1. The van der Waals surface area contributed by atoms with Crippen LogP contribution in [0.15, 0.2) is 42.6 Å². The molecule has 0 aliphatic heterocycles. The van der Waals surface area contributed by atoms with E-state index in [4.69, 9.17) is 0 Å². The zero-order valence-corrected chi connectivity index (χ0v) is 19.2. The molecule has 1 aromatic carbocycles. The molecule has 2 rings (SSSR count). The molecule has 0 radical (unpaired) electrons. The fourth-order valence-electron chi connectivity index (χ4n) is 3.63. The van der Waals surface area contributed by atoms with Crippen LogP contribution in [0.5, 0.6) is 0 Å². The number of aromatic nitrogens is 1. The quantitative estimate of drug-likeness (QED) is 0.542. The second-order valence-corrected chi connectivity index (χ2v) is 8.19. The van der Waals surface area contributed by atoms with Crippen molar-refractivity contribution in [3.8, 4) is 0 Å². The summed E-state index contributed by atoms with van der Waals surface area (Å²) in [6.07, 6.45) is 4.88. The molecule has 0 aliphatic carbocycles. The lowest BCUT2D eigenvalue weighted by Crippen LogP contribution is -2.46. The highest BCUT2D eigenvalue weighted by Gasteiger charge is 2.23. The molecule has 0 fully saturated rings. The average molecular weight is 412 g/mol. The lowest BCUT2D eigenvalue weighted by Gasteiger charge is -2.30. The Labute approximate surface area is 181 Å². The van der Waals surface area contributed by atoms with Gasteiger partial charge in [-0.05, 0) is 44.4 Å². The Morgan fingerprint density at radius 3 is 2.53 bits per heavy atom. The molecule has 0 saturated carbocycles. The topological polar surface area (TPSA) is 45.6 Å². The Morgan fingerprint density at radius 2 is 1.90 bits per heavy atom. The molecule has 2 aromatic rings. The van der Waals surface area contributed by atoms with Crippen LogP contribution in [0.2, 0.25) is 0 Å². The van der Waals surface area contributed by atoms with Gasteiger partial charge in [-0.3, -0.25) is 9.59 Å². The molecule has 0 saturated heterocycles. The van der Waals surface area contributed by atoms with Crippen molar-refractivity contribution >= 4 is 11.8 Å². The number of carbonyl (C=O) groups is 2. The van der Waals surface area contributed by atoms with Gasteiger partial charge in [-0.1, -0.05) is 50.1 Å². The first-order valence-electron chi connectivity index (χ1n) is 11.1. The first-order valence-corrected chi connectivity index (χ1v) is 11.1. The zero-order chi connectivity index (χ0) is 22.1. The monoisotopic (exact) mass is 411 g/mol. The van der Waals surface area contributed by atoms with Gasteiger partial charge in [0.1, 0.15) is 0 Å². The van der Waals surface area contributed by atoms with E-state index in [2.05, 4.69) is 54.9 Å². The maximum Gasteiger partial charge on any atom is 0.242 e. The second-order valence-electron chi connectivity index (χ2n) is 8.19. The Hall–Kier alpha value is -2.56. The molecule has 0 bridgehead atoms. The molecular formula is C25H37N3O2. The van der Waals surface area contributed by atoms with E-state index in [0.29, 0.717) is 13.1 Å². The first kappa shape index (κ1) is 23.7. The second kappa shape index (κ2) is 11.6. The molecule has 1 heterocycles. The van der Waals surface area contributed by atoms with Crippen molar-refractivity contribution in [1.82, 2.24) is 14.4 Å². The Morgan fingerprint density at radius 1 is 1.13 bits per heavy atom. The molecule has 164 valence electrons. The summed E-state index contributed by atoms with van der Waals surface area (Å²) in [4.78, 5) is 28.8. The molecule has 0 unspecified atom stereocenters. The Bertz CT molecular complexity index is 827. The fraction of sp³-hybridized carbons (Fsp3) is 0.520. The van der Waals surface area contributed by atoms with Crippen LogP contribution in [0, 0.1) is 6.92 Å². The third-order valence-electron chi connectivity index (χ3n) is 5.68. The van der Waals surface area contributed by atoms with Gasteiger partial charge in [0.2, 0.25) is 11.8 Å². The highest BCUT2D eigenvalue weighted by atomic mass is 16.2. The number of carbonyl (C=O) groups excluding carboxylic acids is 2. The maximum atomic E-state index is 13.1. The van der Waals surface area contributed by atoms with Gasteiger partial charge in [0.05, 0.1) is 13.1 Å². The number of amides is 2. The van der Waals surface area contributed by atoms with E-state index in [1.165, 1.54) is 11.1 Å². The van der Waals surface area contributed by atoms with E-state index >= 15 is 0 Å². The summed E-state index contributed by atoms with van der Waals surface area (Å²) in [6.45, 7) is 12.0. The molecule has 0 spiro atoms. The number of hydrogen-bond donors (Lipinski definition) is 0. The number of benzene rings is 1. The van der Waals surface area contributed by atoms with Gasteiger partial charge in [0, 0.05) is 37.9 Å². The van der Waals surface area contributed by atoms with Crippen LogP contribution in [0.25, 0.3) is 0 Å². The summed E-state index contributed by atoms with van der Waals surface area (Å²) in [7, 11) is 0. The number of aryl methyl sites for hydroxylation is 1. The van der Waals surface area contributed by atoms with E-state index in [-0.39, 0.29) is 24.4 Å². The average Bonchev–Trinajstić information content (AvgIpc) is 3.14. The molecule has 1 aromatic heterocycles. The summed E-state index contributed by atoms with van der Waals surface area (Å²) in [5, 5.41) is 0. The smallest absolute Gasteiger partial charge is 0.242 e. The van der Waals surface area contributed by atoms with Crippen LogP contribution < -0.4 is 0 Å². The van der Waals surface area contributed by atoms with Crippen molar-refractivity contribution < 1.29 is 9.59 Å². The zero-order valence-electron chi connectivity index (χ0n) is 19.2. The lowest BCUT2D eigenvalue weighted by molar-refractivity contribution is -0.141. The third-order valence-corrected chi connectivity index (χ3v) is 5.68. The molecule has 2 amide bonds. The van der Waals surface area contributed by atoms with Crippen LogP contribution in [0.4, 0.5) is 0 Å². The first-order chi connectivity index (χ1) is 14.3. The van der Waals surface area contributed by atoms with Gasteiger partial charge < -0.3 is 14.4 Å². The van der Waals surface area contributed by atoms with Crippen molar-refractivity contribution in [2.75, 3.05) is 13.1 Å². The van der Waals surface area contributed by atoms with E-state index in [0.717, 1.165) is 31.5 Å². The predicted molar refractivity (Wildman–Crippen MR) is 122 cm³/mol. The van der Waals surface area contributed by atoms with Gasteiger partial charge in [-0.25, -0.2) is 0 Å². The van der Waals surface area contributed by atoms with Crippen molar-refractivity contribution in [2.24, 2.45) is 0 Å². The van der Waals surface area contributed by atoms with Crippen molar-refractivity contribution in [3.05, 3.63) is 59.4 Å². The van der Waals surface area contributed by atoms with Crippen LogP contribution in [-0.2, 0) is 22.7 Å². The van der Waals surface area contributed by atoms with Crippen molar-refractivity contribution in [2.45, 2.75) is 73.0 Å². The minimum atomic E-state index is -0.0454. The number of rotatable bonds is 11. The number of unbranched alkanes of at least 4 members (excludes halogenated alkanes) is 1. The normalized spacial score (nSPS) is 11.9. The Kier molecular flexibility index (Phi) is 9.15. The number of hydrogen-bond acceptors (Lipinski definition) is 2. The Balaban J connectivity index is 2.15. The van der Waals surface area contributed by atoms with E-state index in [9.17, 15) is 9.59 Å². The lowest BCUT2D eigenvalue weighted by atomic mass is 10.1. The van der Waals surface area contributed by atoms with Crippen molar-refractivity contribution in [3.63, 3.8) is 0 Å². The summed E-state index contributed by atoms with van der Waals surface area (Å²) < 4.78 is 2.21. The third kappa shape index (κ3) is 6.75. The highest BCUT2D eigenvalue weighted by molar-refractivity contribution is 5.84. The fourth-order valence-corrected chi connectivity index (χ4v) is 3.63. The molecule has 5 nitrogen and oxygen atoms in total. The molecule has 0 N–H and O–H groups in total. The van der Waals surface area contributed by atoms with Crippen LogP contribution in [0.1, 0.15) is 63.8 Å². The van der Waals surface area contributed by atoms with Gasteiger partial charge >= 0.3 is 0 Å². The van der Waals surface area contributed by atoms with Crippen molar-refractivity contribution in [1.29, 1.82) is 0 Å². The van der Waals surface area contributed by atoms with E-state index in [1.54, 1.807) is 11.8 Å². The molecule has 1 atom stereocenters. The van der Waals surface area contributed by atoms with Gasteiger partial charge in [0.15, 0.2) is 0 Å². The summed E-state index contributed by atoms with van der Waals surface area (Å²) in [5.74, 6) is -0.0294. The van der Waals surface area contributed by atoms with Gasteiger partial charge in [0.25, 0.3) is 0 Å². The molecule has 30 heavy (non-hydrogen) atoms. The number of nitrogens with zero attached hydrogens (tertiary/aromatic N) is 3. The van der Waals surface area contributed by atoms with Crippen LogP contribution >= 0.6 is 0 Å². The maximum absolute atomic E-state index is 13.1. The molecule has 5 heteroatoms. The van der Waals surface area contributed by atoms with Crippen LogP contribution in [-0.4, -0.2) is 45.3 Å². The molecule has 0 aliphatic rings. The highest BCUT2D eigenvalue weighted by Crippen LogP contribution is 2.14. The van der Waals surface area contributed by atoms with E-state index in [1.807, 2.05) is 24.8 Å². The van der Waals surface area contributed by atoms with Gasteiger partial charge in [-0.15, -0.1) is 0 Å². The predicted octanol–water partition coefficient (Wildman–Crippen LogP) is 4.62. The summed E-state index contributed by atoms with van der Waals surface area (Å²) in [6, 6.07) is 12.7. The molecular weight excluding hydrogens is 374 g/mol. The minimum Gasteiger partial charge on any atom is -0.345 e. The largest absolute Gasteiger partial charge is 0.345 e.